The summed E-state index contributed by atoms with van der Waals surface area (Å²) in [7, 11) is 1.81. The van der Waals surface area contributed by atoms with Gasteiger partial charge in [-0.15, -0.1) is 0 Å². The van der Waals surface area contributed by atoms with Gasteiger partial charge < -0.3 is 16.0 Å². The van der Waals surface area contributed by atoms with Crippen LogP contribution in [0, 0.1) is 5.92 Å². The van der Waals surface area contributed by atoms with Gasteiger partial charge >= 0.3 is 0 Å². The Labute approximate surface area is 121 Å². The zero-order valence-electron chi connectivity index (χ0n) is 12.4. The van der Waals surface area contributed by atoms with Crippen LogP contribution in [0.15, 0.2) is 30.3 Å². The maximum atomic E-state index is 12.1. The van der Waals surface area contributed by atoms with E-state index >= 15 is 0 Å². The number of carbonyl (C=O) groups is 1. The van der Waals surface area contributed by atoms with E-state index in [2.05, 4.69) is 17.1 Å². The monoisotopic (exact) mass is 275 g/mol. The quantitative estimate of drug-likeness (QED) is 0.823. The van der Waals surface area contributed by atoms with E-state index in [0.717, 1.165) is 24.6 Å². The minimum Gasteiger partial charge on any atom is -0.368 e. The molecule has 4 nitrogen and oxygen atoms in total. The highest BCUT2D eigenvalue weighted by Crippen LogP contribution is 2.26. The van der Waals surface area contributed by atoms with Gasteiger partial charge in [-0.3, -0.25) is 4.79 Å². The Morgan fingerprint density at radius 3 is 2.65 bits per heavy atom. The van der Waals surface area contributed by atoms with E-state index in [4.69, 9.17) is 5.73 Å². The van der Waals surface area contributed by atoms with Crippen molar-refractivity contribution in [1.82, 2.24) is 10.2 Å². The molecule has 1 amide bonds. The van der Waals surface area contributed by atoms with Crippen molar-refractivity contribution in [3.8, 4) is 0 Å². The summed E-state index contributed by atoms with van der Waals surface area (Å²) in [6.45, 7) is 4.96. The van der Waals surface area contributed by atoms with Crippen molar-refractivity contribution < 1.29 is 4.79 Å². The number of nitrogens with one attached hydrogen (secondary N) is 1. The van der Waals surface area contributed by atoms with Gasteiger partial charge in [0.25, 0.3) is 0 Å². The lowest BCUT2D eigenvalue weighted by atomic mass is 9.88. The summed E-state index contributed by atoms with van der Waals surface area (Å²) in [6.07, 6.45) is 2.41. The van der Waals surface area contributed by atoms with E-state index in [1.807, 2.05) is 37.4 Å². The normalized spacial score (nSPS) is 22.6. The van der Waals surface area contributed by atoms with Crippen molar-refractivity contribution in [2.75, 3.05) is 26.7 Å². The number of nitrogens with two attached hydrogens (primary N) is 1. The second-order valence-corrected chi connectivity index (χ2v) is 5.68. The Bertz CT molecular complexity index is 448. The first-order valence-electron chi connectivity index (χ1n) is 7.39. The van der Waals surface area contributed by atoms with Crippen molar-refractivity contribution in [3.63, 3.8) is 0 Å². The average molecular weight is 275 g/mol. The van der Waals surface area contributed by atoms with Crippen molar-refractivity contribution in [1.29, 1.82) is 0 Å². The molecule has 4 heteroatoms. The van der Waals surface area contributed by atoms with Gasteiger partial charge in [0.2, 0.25) is 5.91 Å². The predicted octanol–water partition coefficient (Wildman–Crippen LogP) is 1.32. The number of primary amides is 1. The summed E-state index contributed by atoms with van der Waals surface area (Å²) in [5.41, 5.74) is 5.87. The van der Waals surface area contributed by atoms with Gasteiger partial charge in [-0.2, -0.15) is 0 Å². The topological polar surface area (TPSA) is 58.4 Å². The fourth-order valence-electron chi connectivity index (χ4n) is 3.11. The minimum atomic E-state index is -0.802. The van der Waals surface area contributed by atoms with Crippen LogP contribution < -0.4 is 11.1 Å². The number of amides is 1. The Kier molecular flexibility index (Phi) is 4.78. The van der Waals surface area contributed by atoms with E-state index in [0.29, 0.717) is 6.54 Å². The Morgan fingerprint density at radius 2 is 2.15 bits per heavy atom. The number of likely N-dealkylation sites (N-methyl/N-ethyl adjacent to an activating group) is 1. The van der Waals surface area contributed by atoms with Crippen LogP contribution in [0.4, 0.5) is 0 Å². The van der Waals surface area contributed by atoms with Crippen LogP contribution in [-0.4, -0.2) is 37.5 Å². The molecule has 1 aliphatic heterocycles. The second-order valence-electron chi connectivity index (χ2n) is 5.68. The zero-order chi connectivity index (χ0) is 14.6. The number of hydrogen-bond donors (Lipinski definition) is 2. The van der Waals surface area contributed by atoms with Crippen molar-refractivity contribution in [2.45, 2.75) is 25.3 Å². The highest BCUT2D eigenvalue weighted by atomic mass is 16.1. The SMILES string of the molecule is CCC1CCN(CC(NC)(C(N)=O)c2ccccc2)C1. The lowest BCUT2D eigenvalue weighted by Gasteiger charge is -2.34. The largest absolute Gasteiger partial charge is 0.368 e. The van der Waals surface area contributed by atoms with E-state index in [-0.39, 0.29) is 5.91 Å². The first-order valence-corrected chi connectivity index (χ1v) is 7.39. The van der Waals surface area contributed by atoms with Gasteiger partial charge in [-0.25, -0.2) is 0 Å². The summed E-state index contributed by atoms with van der Waals surface area (Å²) < 4.78 is 0. The number of hydrogen-bond acceptors (Lipinski definition) is 3. The molecule has 20 heavy (non-hydrogen) atoms. The molecule has 1 heterocycles. The fourth-order valence-corrected chi connectivity index (χ4v) is 3.11. The molecule has 3 N–H and O–H groups in total. The van der Waals surface area contributed by atoms with Gasteiger partial charge in [-0.1, -0.05) is 43.7 Å². The third-order valence-corrected chi connectivity index (χ3v) is 4.52. The lowest BCUT2D eigenvalue weighted by molar-refractivity contribution is -0.125. The molecular weight excluding hydrogens is 250 g/mol. The summed E-state index contributed by atoms with van der Waals surface area (Å²) in [5, 5.41) is 3.17. The maximum Gasteiger partial charge on any atom is 0.243 e. The Morgan fingerprint density at radius 1 is 1.45 bits per heavy atom. The standard InChI is InChI=1S/C16H25N3O/c1-3-13-9-10-19(11-13)12-16(18-2,15(17)20)14-7-5-4-6-8-14/h4-8,13,18H,3,9-12H2,1-2H3,(H2,17,20). The molecule has 1 fully saturated rings. The molecule has 0 aromatic heterocycles. The predicted molar refractivity (Wildman–Crippen MR) is 81.2 cm³/mol. The Balaban J connectivity index is 2.22. The molecule has 1 aromatic carbocycles. The van der Waals surface area contributed by atoms with Crippen LogP contribution in [-0.2, 0) is 10.3 Å². The summed E-state index contributed by atoms with van der Waals surface area (Å²) in [6, 6.07) is 9.78. The van der Waals surface area contributed by atoms with Crippen LogP contribution >= 0.6 is 0 Å². The van der Waals surface area contributed by atoms with Gasteiger partial charge in [-0.05, 0) is 31.5 Å². The zero-order valence-corrected chi connectivity index (χ0v) is 12.4. The first kappa shape index (κ1) is 15.0. The molecule has 2 rings (SSSR count). The molecule has 1 aromatic rings. The molecule has 110 valence electrons. The molecule has 0 radical (unpaired) electrons. The van der Waals surface area contributed by atoms with Crippen molar-refractivity contribution >= 4 is 5.91 Å². The van der Waals surface area contributed by atoms with Gasteiger partial charge in [0.05, 0.1) is 0 Å². The minimum absolute atomic E-state index is 0.314. The van der Waals surface area contributed by atoms with Crippen molar-refractivity contribution in [2.24, 2.45) is 11.7 Å². The summed E-state index contributed by atoms with van der Waals surface area (Å²) in [5.74, 6) is 0.430. The molecule has 0 aliphatic carbocycles. The molecule has 0 saturated carbocycles. The first-order chi connectivity index (χ1) is 9.62. The highest BCUT2D eigenvalue weighted by Gasteiger charge is 2.40. The van der Waals surface area contributed by atoms with Gasteiger partial charge in [0.15, 0.2) is 0 Å². The van der Waals surface area contributed by atoms with Crippen LogP contribution in [0.2, 0.25) is 0 Å². The molecule has 2 unspecified atom stereocenters. The van der Waals surface area contributed by atoms with Crippen LogP contribution in [0.3, 0.4) is 0 Å². The molecule has 1 saturated heterocycles. The molecular formula is C16H25N3O. The number of nitrogens with zero attached hydrogens (tertiary/aromatic N) is 1. The number of rotatable bonds is 6. The molecule has 0 bridgehead atoms. The van der Waals surface area contributed by atoms with E-state index in [1.54, 1.807) is 0 Å². The van der Waals surface area contributed by atoms with Crippen LogP contribution in [0.5, 0.6) is 0 Å². The van der Waals surface area contributed by atoms with Crippen LogP contribution in [0.1, 0.15) is 25.3 Å². The van der Waals surface area contributed by atoms with Crippen LogP contribution in [0.25, 0.3) is 0 Å². The van der Waals surface area contributed by atoms with Gasteiger partial charge in [0.1, 0.15) is 5.54 Å². The number of benzene rings is 1. The van der Waals surface area contributed by atoms with Crippen molar-refractivity contribution in [3.05, 3.63) is 35.9 Å². The Hall–Kier alpha value is -1.39. The third kappa shape index (κ3) is 2.86. The number of likely N-dealkylation sites (tertiary alicyclic amines) is 1. The molecule has 2 atom stereocenters. The van der Waals surface area contributed by atoms with E-state index < -0.39 is 5.54 Å². The summed E-state index contributed by atoms with van der Waals surface area (Å²) in [4.78, 5) is 14.5. The highest BCUT2D eigenvalue weighted by molar-refractivity contribution is 5.86. The third-order valence-electron chi connectivity index (χ3n) is 4.52. The van der Waals surface area contributed by atoms with Gasteiger partial charge in [0, 0.05) is 13.1 Å². The maximum absolute atomic E-state index is 12.1. The number of carbonyl (C=O) groups excluding carboxylic acids is 1. The molecule has 0 spiro atoms. The fraction of sp³-hybridized carbons (Fsp3) is 0.562. The van der Waals surface area contributed by atoms with E-state index in [1.165, 1.54) is 12.8 Å². The summed E-state index contributed by atoms with van der Waals surface area (Å²) >= 11 is 0. The lowest BCUT2D eigenvalue weighted by Crippen LogP contribution is -2.57. The molecule has 1 aliphatic rings. The smallest absolute Gasteiger partial charge is 0.243 e. The van der Waals surface area contributed by atoms with E-state index in [9.17, 15) is 4.79 Å². The second kappa shape index (κ2) is 6.37. The average Bonchev–Trinajstić information content (AvgIpc) is 2.93.